The first-order valence-electron chi connectivity index (χ1n) is 8.41. The van der Waals surface area contributed by atoms with Crippen LogP contribution in [-0.2, 0) is 30.0 Å². The van der Waals surface area contributed by atoms with Crippen LogP contribution in [0.25, 0.3) is 0 Å². The van der Waals surface area contributed by atoms with Crippen molar-refractivity contribution < 1.29 is 18.3 Å². The van der Waals surface area contributed by atoms with Crippen LogP contribution in [0.15, 0.2) is 12.1 Å². The summed E-state index contributed by atoms with van der Waals surface area (Å²) in [4.78, 5) is 14.6. The molecule has 8 nitrogen and oxygen atoms in total. The van der Waals surface area contributed by atoms with Crippen LogP contribution < -0.4 is 0 Å². The van der Waals surface area contributed by atoms with Gasteiger partial charge < -0.3 is 14.6 Å². The zero-order chi connectivity index (χ0) is 19.2. The molecule has 2 aromatic heterocycles. The number of fused-ring (bicyclic) bond motifs is 1. The van der Waals surface area contributed by atoms with Crippen LogP contribution in [0.5, 0.6) is 0 Å². The van der Waals surface area contributed by atoms with Crippen molar-refractivity contribution in [3.63, 3.8) is 0 Å². The second-order valence-corrected chi connectivity index (χ2v) is 9.15. The molecule has 3 heterocycles. The fraction of sp³-hybridized carbons (Fsp3) is 0.529. The molecule has 3 rings (SSSR count). The van der Waals surface area contributed by atoms with Crippen molar-refractivity contribution in [3.8, 4) is 0 Å². The highest BCUT2D eigenvalue weighted by molar-refractivity contribution is 7.90. The molecule has 1 unspecified atom stereocenters. The molecule has 9 heteroatoms. The number of carbonyl (C=O) groups excluding carboxylic acids is 1. The van der Waals surface area contributed by atoms with Gasteiger partial charge in [-0.1, -0.05) is 0 Å². The molecule has 0 saturated heterocycles. The molecule has 0 aromatic carbocycles. The van der Waals surface area contributed by atoms with Gasteiger partial charge in [0.2, 0.25) is 0 Å². The van der Waals surface area contributed by atoms with Gasteiger partial charge in [-0.05, 0) is 26.0 Å². The lowest BCUT2D eigenvalue weighted by Gasteiger charge is -2.27. The number of nitrogens with zero attached hydrogens (tertiary/aromatic N) is 4. The summed E-state index contributed by atoms with van der Waals surface area (Å²) in [5.41, 5.74) is 3.76. The molecule has 142 valence electrons. The summed E-state index contributed by atoms with van der Waals surface area (Å²) in [5.74, 6) is -0.397. The lowest BCUT2D eigenvalue weighted by molar-refractivity contribution is 0.0705. The van der Waals surface area contributed by atoms with E-state index in [1.54, 1.807) is 15.6 Å². The van der Waals surface area contributed by atoms with Gasteiger partial charge in [0.05, 0.1) is 35.8 Å². The summed E-state index contributed by atoms with van der Waals surface area (Å²) in [6.45, 7) is 5.30. The third kappa shape index (κ3) is 3.54. The molecule has 0 fully saturated rings. The molecule has 0 spiro atoms. The summed E-state index contributed by atoms with van der Waals surface area (Å²) in [6, 6.07) is 3.57. The number of aliphatic hydroxyl groups excluding tert-OH is 1. The van der Waals surface area contributed by atoms with E-state index in [4.69, 9.17) is 0 Å². The molecule has 26 heavy (non-hydrogen) atoms. The number of rotatable bonds is 4. The third-order valence-corrected chi connectivity index (χ3v) is 5.83. The molecule has 1 aliphatic rings. The van der Waals surface area contributed by atoms with Crippen LogP contribution in [0.2, 0.25) is 0 Å². The number of hydrogen-bond donors (Lipinski definition) is 1. The Balaban J connectivity index is 1.79. The van der Waals surface area contributed by atoms with Crippen LogP contribution in [0, 0.1) is 13.8 Å². The molecule has 0 bridgehead atoms. The van der Waals surface area contributed by atoms with Gasteiger partial charge in [-0.25, -0.2) is 8.42 Å². The average Bonchev–Trinajstić information content (AvgIpc) is 3.09. The lowest BCUT2D eigenvalue weighted by atomic mass is 10.2. The van der Waals surface area contributed by atoms with Crippen molar-refractivity contribution in [2.24, 2.45) is 7.05 Å². The maximum Gasteiger partial charge on any atom is 0.256 e. The van der Waals surface area contributed by atoms with Crippen molar-refractivity contribution in [3.05, 3.63) is 40.5 Å². The topological polar surface area (TPSA) is 97.4 Å². The molecule has 0 aliphatic carbocycles. The van der Waals surface area contributed by atoms with E-state index in [0.717, 1.165) is 23.3 Å². The van der Waals surface area contributed by atoms with E-state index in [2.05, 4.69) is 5.10 Å². The van der Waals surface area contributed by atoms with Crippen molar-refractivity contribution in [2.45, 2.75) is 33.0 Å². The molecule has 1 amide bonds. The molecule has 1 N–H and O–H groups in total. The van der Waals surface area contributed by atoms with E-state index in [1.165, 1.54) is 0 Å². The third-order valence-electron chi connectivity index (χ3n) is 4.91. The maximum atomic E-state index is 12.9. The molecular weight excluding hydrogens is 356 g/mol. The normalized spacial score (nSPS) is 15.8. The second-order valence-electron chi connectivity index (χ2n) is 6.96. The Labute approximate surface area is 152 Å². The Morgan fingerprint density at radius 3 is 2.58 bits per heavy atom. The number of aromatic nitrogens is 3. The summed E-state index contributed by atoms with van der Waals surface area (Å²) in [5, 5.41) is 14.4. The van der Waals surface area contributed by atoms with Crippen molar-refractivity contribution >= 4 is 15.7 Å². The fourth-order valence-electron chi connectivity index (χ4n) is 3.24. The largest absolute Gasteiger partial charge is 0.386 e. The number of amides is 1. The van der Waals surface area contributed by atoms with Gasteiger partial charge in [-0.3, -0.25) is 9.48 Å². The van der Waals surface area contributed by atoms with E-state index in [0.29, 0.717) is 30.9 Å². The minimum absolute atomic E-state index is 0.0307. The number of carbonyl (C=O) groups is 1. The van der Waals surface area contributed by atoms with Crippen LogP contribution in [0.4, 0.5) is 0 Å². The maximum absolute atomic E-state index is 12.9. The monoisotopic (exact) mass is 380 g/mol. The van der Waals surface area contributed by atoms with Crippen molar-refractivity contribution in [2.75, 3.05) is 18.6 Å². The first-order valence-corrected chi connectivity index (χ1v) is 10.5. The van der Waals surface area contributed by atoms with Crippen LogP contribution in [0.3, 0.4) is 0 Å². The first-order chi connectivity index (χ1) is 12.1. The van der Waals surface area contributed by atoms with Gasteiger partial charge in [0, 0.05) is 31.2 Å². The summed E-state index contributed by atoms with van der Waals surface area (Å²) < 4.78 is 26.5. The Morgan fingerprint density at radius 1 is 1.31 bits per heavy atom. The minimum Gasteiger partial charge on any atom is -0.386 e. The smallest absolute Gasteiger partial charge is 0.256 e. The standard InChI is InChI=1S/C17H24N4O4S/c1-11-7-14(12(2)19(11)3)17(23)20-5-6-21-13(9-20)8-15(18-21)16(22)10-26(4,24)25/h7-8,16,22H,5-6,9-10H2,1-4H3. The molecule has 1 aliphatic heterocycles. The van der Waals surface area contributed by atoms with E-state index < -0.39 is 15.9 Å². The molecule has 1 atom stereocenters. The summed E-state index contributed by atoms with van der Waals surface area (Å²) in [6.07, 6.45) is -0.0807. The van der Waals surface area contributed by atoms with E-state index in [1.807, 2.05) is 31.5 Å². The molecule has 0 radical (unpaired) electrons. The Bertz CT molecular complexity index is 958. The summed E-state index contributed by atoms with van der Waals surface area (Å²) >= 11 is 0. The van der Waals surface area contributed by atoms with Crippen LogP contribution >= 0.6 is 0 Å². The minimum atomic E-state index is -3.31. The van der Waals surface area contributed by atoms with Gasteiger partial charge in [-0.15, -0.1) is 0 Å². The Kier molecular flexibility index (Phi) is 4.70. The highest BCUT2D eigenvalue weighted by Crippen LogP contribution is 2.22. The van der Waals surface area contributed by atoms with Gasteiger partial charge in [0.25, 0.3) is 5.91 Å². The SMILES string of the molecule is Cc1cc(C(=O)N2CCn3nc(C(O)CS(C)(=O)=O)cc3C2)c(C)n1C. The summed E-state index contributed by atoms with van der Waals surface area (Å²) in [7, 11) is -1.37. The Hall–Kier alpha value is -2.13. The Morgan fingerprint density at radius 2 is 2.00 bits per heavy atom. The van der Waals surface area contributed by atoms with Gasteiger partial charge in [-0.2, -0.15) is 5.10 Å². The fourth-order valence-corrected chi connectivity index (χ4v) is 3.98. The predicted molar refractivity (Wildman–Crippen MR) is 96.5 cm³/mol. The quantitative estimate of drug-likeness (QED) is 0.836. The zero-order valence-corrected chi connectivity index (χ0v) is 16.2. The zero-order valence-electron chi connectivity index (χ0n) is 15.4. The number of hydrogen-bond acceptors (Lipinski definition) is 5. The van der Waals surface area contributed by atoms with Gasteiger partial charge >= 0.3 is 0 Å². The predicted octanol–water partition coefficient (Wildman–Crippen LogP) is 0.572. The average molecular weight is 380 g/mol. The molecular formula is C17H24N4O4S. The highest BCUT2D eigenvalue weighted by Gasteiger charge is 2.27. The number of sulfone groups is 1. The first kappa shape index (κ1) is 18.7. The van der Waals surface area contributed by atoms with E-state index in [-0.39, 0.29) is 11.7 Å². The number of aryl methyl sites for hydroxylation is 1. The van der Waals surface area contributed by atoms with Gasteiger partial charge in [0.1, 0.15) is 15.9 Å². The molecule has 0 saturated carbocycles. The van der Waals surface area contributed by atoms with Crippen molar-refractivity contribution in [1.29, 1.82) is 0 Å². The van der Waals surface area contributed by atoms with Crippen molar-refractivity contribution in [1.82, 2.24) is 19.2 Å². The highest BCUT2D eigenvalue weighted by atomic mass is 32.2. The van der Waals surface area contributed by atoms with Crippen LogP contribution in [-0.4, -0.2) is 57.2 Å². The van der Waals surface area contributed by atoms with E-state index >= 15 is 0 Å². The lowest BCUT2D eigenvalue weighted by Crippen LogP contribution is -2.38. The van der Waals surface area contributed by atoms with E-state index in [9.17, 15) is 18.3 Å². The second kappa shape index (κ2) is 6.55. The molecule has 2 aromatic rings. The van der Waals surface area contributed by atoms with Crippen LogP contribution in [0.1, 0.15) is 39.2 Å². The number of aliphatic hydroxyl groups is 1. The van der Waals surface area contributed by atoms with Gasteiger partial charge in [0.15, 0.2) is 0 Å².